The minimum Gasteiger partial charge on any atom is -0.395 e. The molecular weight excluding hydrogens is 234 g/mol. The molecule has 0 unspecified atom stereocenters. The third kappa shape index (κ3) is 1.99. The summed E-state index contributed by atoms with van der Waals surface area (Å²) in [6.07, 6.45) is 1.49. The molecule has 1 aromatic carbocycles. The van der Waals surface area contributed by atoms with Gasteiger partial charge in [-0.2, -0.15) is 0 Å². The fourth-order valence-electron chi connectivity index (χ4n) is 1.11. The van der Waals surface area contributed by atoms with Crippen molar-refractivity contribution in [3.8, 4) is 0 Å². The molecule has 0 aliphatic heterocycles. The molecule has 1 aromatic heterocycles. The van der Waals surface area contributed by atoms with E-state index < -0.39 is 11.6 Å². The van der Waals surface area contributed by atoms with Gasteiger partial charge in [0.2, 0.25) is 0 Å². The lowest BCUT2D eigenvalue weighted by Crippen LogP contribution is -1.96. The number of aryl methyl sites for hydroxylation is 1. The van der Waals surface area contributed by atoms with E-state index in [1.54, 1.807) is 11.6 Å². The zero-order valence-corrected chi connectivity index (χ0v) is 9.13. The highest BCUT2D eigenvalue weighted by Crippen LogP contribution is 2.32. The van der Waals surface area contributed by atoms with Gasteiger partial charge in [0.25, 0.3) is 0 Å². The Morgan fingerprint density at radius 3 is 2.75 bits per heavy atom. The van der Waals surface area contributed by atoms with E-state index in [4.69, 9.17) is 5.73 Å². The Balaban J connectivity index is 2.38. The Labute approximate surface area is 94.5 Å². The van der Waals surface area contributed by atoms with Crippen molar-refractivity contribution in [2.75, 3.05) is 5.73 Å². The molecule has 0 fully saturated rings. The number of benzene rings is 1. The molecule has 0 spiro atoms. The lowest BCUT2D eigenvalue weighted by Gasteiger charge is -2.05. The molecular formula is C9H8F2N4S. The van der Waals surface area contributed by atoms with Crippen LogP contribution in [0.5, 0.6) is 0 Å². The van der Waals surface area contributed by atoms with Crippen molar-refractivity contribution in [2.24, 2.45) is 7.05 Å². The highest BCUT2D eigenvalue weighted by Gasteiger charge is 2.12. The van der Waals surface area contributed by atoms with E-state index >= 15 is 0 Å². The van der Waals surface area contributed by atoms with Gasteiger partial charge < -0.3 is 10.3 Å². The van der Waals surface area contributed by atoms with E-state index in [1.807, 2.05) is 0 Å². The number of rotatable bonds is 2. The summed E-state index contributed by atoms with van der Waals surface area (Å²) in [5.41, 5.74) is 5.41. The highest BCUT2D eigenvalue weighted by atomic mass is 32.2. The second-order valence-corrected chi connectivity index (χ2v) is 4.14. The summed E-state index contributed by atoms with van der Waals surface area (Å²) in [5, 5.41) is 7.95. The van der Waals surface area contributed by atoms with E-state index in [-0.39, 0.29) is 10.6 Å². The van der Waals surface area contributed by atoms with E-state index in [9.17, 15) is 8.78 Å². The van der Waals surface area contributed by atoms with Crippen molar-refractivity contribution in [1.29, 1.82) is 0 Å². The average Bonchev–Trinajstić information content (AvgIpc) is 2.60. The first-order valence-corrected chi connectivity index (χ1v) is 5.16. The molecule has 4 nitrogen and oxygen atoms in total. The molecule has 0 atom stereocenters. The lowest BCUT2D eigenvalue weighted by molar-refractivity contribution is 0.581. The highest BCUT2D eigenvalue weighted by molar-refractivity contribution is 7.99. The van der Waals surface area contributed by atoms with Crippen LogP contribution in [0.4, 0.5) is 14.5 Å². The number of hydrogen-bond donors (Lipinski definition) is 1. The largest absolute Gasteiger partial charge is 0.395 e. The Hall–Kier alpha value is -1.63. The predicted molar refractivity (Wildman–Crippen MR) is 55.9 cm³/mol. The zero-order valence-electron chi connectivity index (χ0n) is 8.32. The van der Waals surface area contributed by atoms with E-state index in [0.717, 1.165) is 23.9 Å². The van der Waals surface area contributed by atoms with Crippen LogP contribution in [0.3, 0.4) is 0 Å². The standard InChI is InChI=1S/C9H8F2N4S/c1-15-4-13-14-9(15)16-7-3-5(10)2-6(11)8(7)12/h2-4H,12H2,1H3. The first-order chi connectivity index (χ1) is 7.58. The molecule has 0 amide bonds. The van der Waals surface area contributed by atoms with Gasteiger partial charge in [-0.25, -0.2) is 8.78 Å². The van der Waals surface area contributed by atoms with Gasteiger partial charge in [0.05, 0.1) is 5.69 Å². The van der Waals surface area contributed by atoms with Crippen LogP contribution in [0.15, 0.2) is 28.5 Å². The minimum atomic E-state index is -0.773. The Kier molecular flexibility index (Phi) is 2.78. The number of aromatic nitrogens is 3. The average molecular weight is 242 g/mol. The monoisotopic (exact) mass is 242 g/mol. The Morgan fingerprint density at radius 2 is 2.12 bits per heavy atom. The molecule has 0 aliphatic rings. The van der Waals surface area contributed by atoms with E-state index in [2.05, 4.69) is 10.2 Å². The smallest absolute Gasteiger partial charge is 0.195 e. The first kappa shape index (κ1) is 10.9. The third-order valence-electron chi connectivity index (χ3n) is 1.93. The number of halogens is 2. The quantitative estimate of drug-likeness (QED) is 0.816. The van der Waals surface area contributed by atoms with Crippen LogP contribution >= 0.6 is 11.8 Å². The Morgan fingerprint density at radius 1 is 1.38 bits per heavy atom. The van der Waals surface area contributed by atoms with Crippen LogP contribution in [-0.2, 0) is 7.05 Å². The summed E-state index contributed by atoms with van der Waals surface area (Å²) >= 11 is 1.06. The molecule has 16 heavy (non-hydrogen) atoms. The van der Waals surface area contributed by atoms with Crippen molar-refractivity contribution < 1.29 is 8.78 Å². The number of nitrogens with two attached hydrogens (primary N) is 1. The van der Waals surface area contributed by atoms with Crippen molar-refractivity contribution in [1.82, 2.24) is 14.8 Å². The van der Waals surface area contributed by atoms with Gasteiger partial charge in [0.1, 0.15) is 18.0 Å². The Bertz CT molecular complexity index is 526. The van der Waals surface area contributed by atoms with E-state index in [1.165, 1.54) is 6.33 Å². The van der Waals surface area contributed by atoms with Gasteiger partial charge in [0.15, 0.2) is 5.16 Å². The van der Waals surface area contributed by atoms with Crippen molar-refractivity contribution >= 4 is 17.4 Å². The van der Waals surface area contributed by atoms with Crippen LogP contribution in [-0.4, -0.2) is 14.8 Å². The second kappa shape index (κ2) is 4.09. The molecule has 2 N–H and O–H groups in total. The molecule has 2 rings (SSSR count). The van der Waals surface area contributed by atoms with Crippen LogP contribution in [0, 0.1) is 11.6 Å². The lowest BCUT2D eigenvalue weighted by atomic mass is 10.3. The number of nitrogens with zero attached hydrogens (tertiary/aromatic N) is 3. The molecule has 2 aromatic rings. The summed E-state index contributed by atoms with van der Waals surface area (Å²) in [7, 11) is 1.73. The molecule has 1 heterocycles. The molecule has 0 bridgehead atoms. The number of anilines is 1. The van der Waals surface area contributed by atoms with Crippen molar-refractivity contribution in [3.05, 3.63) is 30.1 Å². The zero-order chi connectivity index (χ0) is 11.7. The second-order valence-electron chi connectivity index (χ2n) is 3.13. The molecule has 0 radical (unpaired) electrons. The van der Waals surface area contributed by atoms with Gasteiger partial charge in [-0.1, -0.05) is 0 Å². The molecule has 0 aliphatic carbocycles. The van der Waals surface area contributed by atoms with Gasteiger partial charge in [-0.05, 0) is 17.8 Å². The first-order valence-electron chi connectivity index (χ1n) is 4.34. The van der Waals surface area contributed by atoms with Crippen LogP contribution in [0.25, 0.3) is 0 Å². The summed E-state index contributed by atoms with van der Waals surface area (Å²) < 4.78 is 27.8. The third-order valence-corrected chi connectivity index (χ3v) is 3.04. The van der Waals surface area contributed by atoms with Gasteiger partial charge >= 0.3 is 0 Å². The molecule has 84 valence electrons. The van der Waals surface area contributed by atoms with Crippen LogP contribution in [0.1, 0.15) is 0 Å². The molecule has 7 heteroatoms. The maximum atomic E-state index is 13.1. The number of nitrogen functional groups attached to an aromatic ring is 1. The number of hydrogen-bond acceptors (Lipinski definition) is 4. The maximum Gasteiger partial charge on any atom is 0.195 e. The van der Waals surface area contributed by atoms with Crippen LogP contribution < -0.4 is 5.73 Å². The van der Waals surface area contributed by atoms with Gasteiger partial charge in [-0.15, -0.1) is 10.2 Å². The summed E-state index contributed by atoms with van der Waals surface area (Å²) in [5.74, 6) is -1.44. The van der Waals surface area contributed by atoms with E-state index in [0.29, 0.717) is 5.16 Å². The SMILES string of the molecule is Cn1cnnc1Sc1cc(F)cc(F)c1N. The van der Waals surface area contributed by atoms with Crippen molar-refractivity contribution in [2.45, 2.75) is 10.1 Å². The molecule has 0 saturated carbocycles. The summed E-state index contributed by atoms with van der Waals surface area (Å²) in [6, 6.07) is 1.91. The normalized spacial score (nSPS) is 10.7. The fraction of sp³-hybridized carbons (Fsp3) is 0.111. The van der Waals surface area contributed by atoms with Crippen molar-refractivity contribution in [3.63, 3.8) is 0 Å². The van der Waals surface area contributed by atoms with Gasteiger partial charge in [-0.3, -0.25) is 0 Å². The topological polar surface area (TPSA) is 56.7 Å². The summed E-state index contributed by atoms with van der Waals surface area (Å²) in [4.78, 5) is 0.286. The maximum absolute atomic E-state index is 13.1. The minimum absolute atomic E-state index is 0.0885. The van der Waals surface area contributed by atoms with Crippen LogP contribution in [0.2, 0.25) is 0 Å². The summed E-state index contributed by atoms with van der Waals surface area (Å²) in [6.45, 7) is 0. The fourth-order valence-corrected chi connectivity index (χ4v) is 1.96. The predicted octanol–water partition coefficient (Wildman–Crippen LogP) is 1.83. The van der Waals surface area contributed by atoms with Gasteiger partial charge in [0, 0.05) is 18.0 Å². The molecule has 0 saturated heterocycles.